The number of anilines is 1. The van der Waals surface area contributed by atoms with Crippen LogP contribution < -0.4 is 10.1 Å². The van der Waals surface area contributed by atoms with Gasteiger partial charge in [0.15, 0.2) is 22.6 Å². The molecule has 1 N–H and O–H groups in total. The van der Waals surface area contributed by atoms with E-state index in [2.05, 4.69) is 15.5 Å². The Morgan fingerprint density at radius 2 is 1.82 bits per heavy atom. The highest BCUT2D eigenvalue weighted by Gasteiger charge is 2.20. The smallest absolute Gasteiger partial charge is 0.234 e. The molecular weight excluding hydrogens is 470 g/mol. The van der Waals surface area contributed by atoms with Gasteiger partial charge in [-0.05, 0) is 48.5 Å². The van der Waals surface area contributed by atoms with E-state index in [0.717, 1.165) is 35.1 Å². The van der Waals surface area contributed by atoms with Crippen molar-refractivity contribution in [1.29, 1.82) is 0 Å². The largest absolute Gasteiger partial charge is 0.496 e. The minimum absolute atomic E-state index is 0.0311. The van der Waals surface area contributed by atoms with Crippen molar-refractivity contribution in [2.24, 2.45) is 0 Å². The number of para-hydroxylation sites is 1. The average Bonchev–Trinajstić information content (AvgIpc) is 3.24. The first kappa shape index (κ1) is 22.8. The predicted octanol–water partition coefficient (Wildman–Crippen LogP) is 5.61. The molecule has 0 aliphatic rings. The highest BCUT2D eigenvalue weighted by molar-refractivity contribution is 7.99. The van der Waals surface area contributed by atoms with E-state index < -0.39 is 17.5 Å². The number of nitrogens with one attached hydrogen (secondary N) is 1. The zero-order valence-corrected chi connectivity index (χ0v) is 18.8. The lowest BCUT2D eigenvalue weighted by Gasteiger charge is -2.12. The van der Waals surface area contributed by atoms with Gasteiger partial charge in [-0.1, -0.05) is 35.5 Å². The molecule has 10 heteroatoms. The highest BCUT2D eigenvalue weighted by Crippen LogP contribution is 2.33. The Hall–Kier alpha value is -3.43. The zero-order chi connectivity index (χ0) is 23.4. The number of carbonyl (C=O) groups excluding carboxylic acids is 1. The Kier molecular flexibility index (Phi) is 6.90. The van der Waals surface area contributed by atoms with Crippen molar-refractivity contribution in [1.82, 2.24) is 14.8 Å². The van der Waals surface area contributed by atoms with Crippen LogP contribution in [0.2, 0.25) is 5.02 Å². The molecule has 4 aromatic rings. The fourth-order valence-corrected chi connectivity index (χ4v) is 3.97. The summed E-state index contributed by atoms with van der Waals surface area (Å²) in [6.45, 7) is 0. The van der Waals surface area contributed by atoms with Crippen molar-refractivity contribution in [3.05, 3.63) is 83.4 Å². The van der Waals surface area contributed by atoms with Crippen LogP contribution in [0, 0.1) is 11.6 Å². The fraction of sp³-hybridized carbons (Fsp3) is 0.0870. The second kappa shape index (κ2) is 10.0. The first-order valence-electron chi connectivity index (χ1n) is 9.68. The van der Waals surface area contributed by atoms with Crippen LogP contribution in [0.3, 0.4) is 0 Å². The number of amides is 1. The van der Waals surface area contributed by atoms with Crippen LogP contribution >= 0.6 is 23.4 Å². The van der Waals surface area contributed by atoms with Crippen molar-refractivity contribution < 1.29 is 18.3 Å². The molecule has 1 aromatic heterocycles. The van der Waals surface area contributed by atoms with E-state index >= 15 is 0 Å². The van der Waals surface area contributed by atoms with Gasteiger partial charge in [0.1, 0.15) is 5.75 Å². The minimum atomic E-state index is -1.04. The lowest BCUT2D eigenvalue weighted by Crippen LogP contribution is -2.15. The molecule has 1 amide bonds. The number of methoxy groups -OCH3 is 1. The Morgan fingerprint density at radius 3 is 2.55 bits per heavy atom. The summed E-state index contributed by atoms with van der Waals surface area (Å²) >= 11 is 7.19. The van der Waals surface area contributed by atoms with Crippen LogP contribution in [0.1, 0.15) is 0 Å². The quantitative estimate of drug-likeness (QED) is 0.344. The van der Waals surface area contributed by atoms with Gasteiger partial charge in [0.2, 0.25) is 5.91 Å². The average molecular weight is 487 g/mol. The van der Waals surface area contributed by atoms with Gasteiger partial charge in [0.25, 0.3) is 0 Å². The summed E-state index contributed by atoms with van der Waals surface area (Å²) in [5.41, 5.74) is 1.63. The first-order valence-corrected chi connectivity index (χ1v) is 11.0. The third-order valence-corrected chi connectivity index (χ3v) is 5.78. The molecule has 0 spiro atoms. The number of aromatic nitrogens is 3. The number of hydrogen-bond donors (Lipinski definition) is 1. The number of carbonyl (C=O) groups is 1. The summed E-state index contributed by atoms with van der Waals surface area (Å²) in [5.74, 6) is -1.32. The van der Waals surface area contributed by atoms with Gasteiger partial charge in [-0.15, -0.1) is 10.2 Å². The molecule has 0 aliphatic heterocycles. The van der Waals surface area contributed by atoms with Crippen LogP contribution in [0.15, 0.2) is 71.9 Å². The maximum absolute atomic E-state index is 13.4. The van der Waals surface area contributed by atoms with Crippen LogP contribution in [-0.4, -0.2) is 33.5 Å². The van der Waals surface area contributed by atoms with Gasteiger partial charge in [-0.2, -0.15) is 0 Å². The van der Waals surface area contributed by atoms with Crippen LogP contribution in [0.25, 0.3) is 17.1 Å². The molecule has 1 heterocycles. The van der Waals surface area contributed by atoms with E-state index in [-0.39, 0.29) is 11.4 Å². The molecule has 0 aliphatic carbocycles. The molecular formula is C23H17ClF2N4O2S. The SMILES string of the molecule is COc1ccccc1-c1nnc(SCC(=O)Nc2ccc(F)c(F)c2)n1-c1ccc(Cl)cc1. The zero-order valence-electron chi connectivity index (χ0n) is 17.3. The topological polar surface area (TPSA) is 69.0 Å². The maximum atomic E-state index is 13.4. The minimum Gasteiger partial charge on any atom is -0.496 e. The van der Waals surface area contributed by atoms with E-state index in [0.29, 0.717) is 21.8 Å². The number of nitrogens with zero attached hydrogens (tertiary/aromatic N) is 3. The second-order valence-corrected chi connectivity index (χ2v) is 8.16. The van der Waals surface area contributed by atoms with E-state index in [1.807, 2.05) is 36.4 Å². The monoisotopic (exact) mass is 486 g/mol. The van der Waals surface area contributed by atoms with Crippen molar-refractivity contribution in [2.75, 3.05) is 18.2 Å². The van der Waals surface area contributed by atoms with Crippen molar-refractivity contribution in [2.45, 2.75) is 5.16 Å². The molecule has 0 atom stereocenters. The van der Waals surface area contributed by atoms with Crippen molar-refractivity contribution >= 4 is 35.0 Å². The van der Waals surface area contributed by atoms with Gasteiger partial charge in [-0.3, -0.25) is 9.36 Å². The van der Waals surface area contributed by atoms with Gasteiger partial charge >= 0.3 is 0 Å². The molecule has 0 fully saturated rings. The number of benzene rings is 3. The van der Waals surface area contributed by atoms with Crippen LogP contribution in [0.4, 0.5) is 14.5 Å². The Labute approximate surface area is 197 Å². The molecule has 33 heavy (non-hydrogen) atoms. The lowest BCUT2D eigenvalue weighted by atomic mass is 10.2. The number of thioether (sulfide) groups is 1. The number of hydrogen-bond acceptors (Lipinski definition) is 5. The van der Waals surface area contributed by atoms with Crippen LogP contribution in [-0.2, 0) is 4.79 Å². The van der Waals surface area contributed by atoms with E-state index in [4.69, 9.17) is 16.3 Å². The molecule has 0 bridgehead atoms. The van der Waals surface area contributed by atoms with Gasteiger partial charge in [-0.25, -0.2) is 8.78 Å². The molecule has 0 saturated heterocycles. The maximum Gasteiger partial charge on any atom is 0.234 e. The molecule has 0 saturated carbocycles. The van der Waals surface area contributed by atoms with Crippen LogP contribution in [0.5, 0.6) is 5.75 Å². The van der Waals surface area contributed by atoms with Gasteiger partial charge < -0.3 is 10.1 Å². The lowest BCUT2D eigenvalue weighted by molar-refractivity contribution is -0.113. The normalized spacial score (nSPS) is 10.8. The number of halogens is 3. The number of rotatable bonds is 7. The summed E-state index contributed by atoms with van der Waals surface area (Å²) in [7, 11) is 1.57. The molecule has 0 unspecified atom stereocenters. The Bertz CT molecular complexity index is 1300. The Balaban J connectivity index is 1.62. The molecule has 0 radical (unpaired) electrons. The molecule has 6 nitrogen and oxygen atoms in total. The summed E-state index contributed by atoms with van der Waals surface area (Å²) in [5, 5.41) is 12.2. The van der Waals surface area contributed by atoms with E-state index in [1.54, 1.807) is 23.8 Å². The first-order chi connectivity index (χ1) is 16.0. The third-order valence-electron chi connectivity index (χ3n) is 4.60. The summed E-state index contributed by atoms with van der Waals surface area (Å²) in [6, 6.07) is 17.7. The van der Waals surface area contributed by atoms with E-state index in [9.17, 15) is 13.6 Å². The summed E-state index contributed by atoms with van der Waals surface area (Å²) in [6.07, 6.45) is 0. The Morgan fingerprint density at radius 1 is 1.06 bits per heavy atom. The molecule has 3 aromatic carbocycles. The fourth-order valence-electron chi connectivity index (χ4n) is 3.09. The predicted molar refractivity (Wildman–Crippen MR) is 124 cm³/mol. The van der Waals surface area contributed by atoms with Crippen molar-refractivity contribution in [3.8, 4) is 22.8 Å². The highest BCUT2D eigenvalue weighted by atomic mass is 35.5. The van der Waals surface area contributed by atoms with E-state index in [1.165, 1.54) is 6.07 Å². The molecule has 168 valence electrons. The molecule has 4 rings (SSSR count). The van der Waals surface area contributed by atoms with Gasteiger partial charge in [0.05, 0.1) is 18.4 Å². The third kappa shape index (κ3) is 5.15. The standard InChI is InChI=1S/C23H17ClF2N4O2S/c1-32-20-5-3-2-4-17(20)22-28-29-23(30(22)16-9-6-14(24)7-10-16)33-13-21(31)27-15-8-11-18(25)19(26)12-15/h2-12H,13H2,1H3,(H,27,31). The van der Waals surface area contributed by atoms with Gasteiger partial charge in [0, 0.05) is 22.5 Å². The second-order valence-electron chi connectivity index (χ2n) is 6.78. The van der Waals surface area contributed by atoms with Crippen molar-refractivity contribution in [3.63, 3.8) is 0 Å². The summed E-state index contributed by atoms with van der Waals surface area (Å²) in [4.78, 5) is 12.4. The summed E-state index contributed by atoms with van der Waals surface area (Å²) < 4.78 is 33.8. The number of ether oxygens (including phenoxy) is 1.